The maximum atomic E-state index is 12.7. The van der Waals surface area contributed by atoms with Gasteiger partial charge in [-0.05, 0) is 31.9 Å². The van der Waals surface area contributed by atoms with Gasteiger partial charge in [-0.1, -0.05) is 31.5 Å². The Morgan fingerprint density at radius 1 is 1.24 bits per heavy atom. The minimum atomic E-state index is -0.371. The van der Waals surface area contributed by atoms with Crippen molar-refractivity contribution in [1.82, 2.24) is 5.32 Å². The van der Waals surface area contributed by atoms with Crippen LogP contribution in [0.25, 0.3) is 0 Å². The molecule has 1 unspecified atom stereocenters. The fraction of sp³-hybridized carbons (Fsp3) is 0.529. The molecule has 1 aromatic rings. The van der Waals surface area contributed by atoms with Gasteiger partial charge in [0.25, 0.3) is 0 Å². The Morgan fingerprint density at radius 2 is 1.90 bits per heavy atom. The summed E-state index contributed by atoms with van der Waals surface area (Å²) in [5.74, 6) is -0.256. The normalized spacial score (nSPS) is 12.3. The molecular weight excluding hydrogens is 266 g/mol. The van der Waals surface area contributed by atoms with Crippen molar-refractivity contribution >= 4 is 11.8 Å². The molecule has 0 bridgehead atoms. The lowest BCUT2D eigenvalue weighted by Crippen LogP contribution is -2.41. The first-order valence-electron chi connectivity index (χ1n) is 7.29. The lowest BCUT2D eigenvalue weighted by molar-refractivity contribution is -0.140. The van der Waals surface area contributed by atoms with Crippen LogP contribution in [0, 0.1) is 13.8 Å². The molecule has 1 N–H and O–H groups in total. The number of esters is 1. The van der Waals surface area contributed by atoms with Crippen molar-refractivity contribution in [3.05, 3.63) is 34.9 Å². The fourth-order valence-corrected chi connectivity index (χ4v) is 2.25. The van der Waals surface area contributed by atoms with Crippen LogP contribution in [0.2, 0.25) is 0 Å². The van der Waals surface area contributed by atoms with Crippen molar-refractivity contribution in [2.24, 2.45) is 0 Å². The number of hydrogen-bond acceptors (Lipinski definition) is 4. The van der Waals surface area contributed by atoms with Crippen molar-refractivity contribution < 1.29 is 14.3 Å². The molecule has 4 nitrogen and oxygen atoms in total. The van der Waals surface area contributed by atoms with Crippen LogP contribution in [0.3, 0.4) is 0 Å². The van der Waals surface area contributed by atoms with Crippen molar-refractivity contribution in [3.63, 3.8) is 0 Å². The molecule has 0 saturated heterocycles. The first kappa shape index (κ1) is 17.4. The van der Waals surface area contributed by atoms with Crippen LogP contribution in [0.5, 0.6) is 0 Å². The summed E-state index contributed by atoms with van der Waals surface area (Å²) >= 11 is 0. The highest BCUT2D eigenvalue weighted by atomic mass is 16.5. The third-order valence-corrected chi connectivity index (χ3v) is 3.37. The zero-order chi connectivity index (χ0) is 16.0. The molecule has 0 aliphatic carbocycles. The molecule has 1 rings (SSSR count). The zero-order valence-corrected chi connectivity index (χ0v) is 13.5. The smallest absolute Gasteiger partial charge is 0.305 e. The summed E-state index contributed by atoms with van der Waals surface area (Å²) in [6.07, 6.45) is 0.675. The minimum Gasteiger partial charge on any atom is -0.469 e. The molecule has 4 heteroatoms. The van der Waals surface area contributed by atoms with Gasteiger partial charge in [0.05, 0.1) is 13.2 Å². The predicted octanol–water partition coefficient (Wildman–Crippen LogP) is 2.81. The van der Waals surface area contributed by atoms with E-state index >= 15 is 0 Å². The number of rotatable bonds is 7. The van der Waals surface area contributed by atoms with E-state index < -0.39 is 0 Å². The molecule has 116 valence electrons. The SMILES string of the molecule is COC(=O)CCC(NC(C)C)C(=O)c1cc(C)ccc1C. The summed E-state index contributed by atoms with van der Waals surface area (Å²) in [4.78, 5) is 24.1. The Balaban J connectivity index is 2.93. The average molecular weight is 291 g/mol. The number of carbonyl (C=O) groups excluding carboxylic acids is 2. The predicted molar refractivity (Wildman–Crippen MR) is 83.6 cm³/mol. The second-order valence-corrected chi connectivity index (χ2v) is 5.67. The molecule has 0 aromatic heterocycles. The molecule has 0 fully saturated rings. The van der Waals surface area contributed by atoms with Crippen LogP contribution in [-0.4, -0.2) is 30.9 Å². The van der Waals surface area contributed by atoms with E-state index in [4.69, 9.17) is 0 Å². The number of benzene rings is 1. The summed E-state index contributed by atoms with van der Waals surface area (Å²) in [5, 5.41) is 3.25. The quantitative estimate of drug-likeness (QED) is 0.620. The number of nitrogens with one attached hydrogen (secondary N) is 1. The maximum Gasteiger partial charge on any atom is 0.305 e. The second-order valence-electron chi connectivity index (χ2n) is 5.67. The van der Waals surface area contributed by atoms with Crippen LogP contribution in [0.1, 0.15) is 48.2 Å². The Kier molecular flexibility index (Phi) is 6.56. The van der Waals surface area contributed by atoms with Gasteiger partial charge in [0.1, 0.15) is 0 Å². The van der Waals surface area contributed by atoms with E-state index in [-0.39, 0.29) is 30.3 Å². The Bertz CT molecular complexity index is 509. The Morgan fingerprint density at radius 3 is 2.48 bits per heavy atom. The van der Waals surface area contributed by atoms with Gasteiger partial charge in [0, 0.05) is 18.0 Å². The molecule has 0 saturated carbocycles. The standard InChI is InChI=1S/C17H25NO3/c1-11(2)18-15(8-9-16(19)21-5)17(20)14-10-12(3)6-7-13(14)4/h6-7,10-11,15,18H,8-9H2,1-5H3. The highest BCUT2D eigenvalue weighted by molar-refractivity contribution is 6.01. The van der Waals surface area contributed by atoms with Crippen molar-refractivity contribution in [1.29, 1.82) is 0 Å². The van der Waals surface area contributed by atoms with E-state index in [0.717, 1.165) is 16.7 Å². The molecule has 1 aromatic carbocycles. The topological polar surface area (TPSA) is 55.4 Å². The van der Waals surface area contributed by atoms with Gasteiger partial charge in [-0.2, -0.15) is 0 Å². The van der Waals surface area contributed by atoms with Gasteiger partial charge in [-0.3, -0.25) is 9.59 Å². The van der Waals surface area contributed by atoms with Gasteiger partial charge in [0.15, 0.2) is 5.78 Å². The molecule has 0 aliphatic rings. The van der Waals surface area contributed by atoms with E-state index in [0.29, 0.717) is 6.42 Å². The van der Waals surface area contributed by atoms with Crippen molar-refractivity contribution in [3.8, 4) is 0 Å². The summed E-state index contributed by atoms with van der Waals surface area (Å²) < 4.78 is 4.66. The number of carbonyl (C=O) groups is 2. The number of hydrogen-bond donors (Lipinski definition) is 1. The third kappa shape index (κ3) is 5.31. The van der Waals surface area contributed by atoms with E-state index in [1.165, 1.54) is 7.11 Å². The van der Waals surface area contributed by atoms with E-state index in [2.05, 4.69) is 10.1 Å². The highest BCUT2D eigenvalue weighted by Gasteiger charge is 2.23. The highest BCUT2D eigenvalue weighted by Crippen LogP contribution is 2.15. The van der Waals surface area contributed by atoms with Gasteiger partial charge in [-0.25, -0.2) is 0 Å². The Hall–Kier alpha value is -1.68. The molecule has 0 spiro atoms. The molecular formula is C17H25NO3. The number of Topliss-reactive ketones (excluding diaryl/α,β-unsaturated/α-hetero) is 1. The first-order chi connectivity index (χ1) is 9.85. The molecule has 21 heavy (non-hydrogen) atoms. The van der Waals surface area contributed by atoms with E-state index in [1.54, 1.807) is 0 Å². The van der Waals surface area contributed by atoms with Crippen molar-refractivity contribution in [2.75, 3.05) is 7.11 Å². The number of aryl methyl sites for hydroxylation is 2. The fourth-order valence-electron chi connectivity index (χ4n) is 2.25. The Labute approximate surface area is 126 Å². The van der Waals surface area contributed by atoms with Crippen LogP contribution in [-0.2, 0) is 9.53 Å². The minimum absolute atomic E-state index is 0.0359. The largest absolute Gasteiger partial charge is 0.469 e. The van der Waals surface area contributed by atoms with Crippen LogP contribution in [0.15, 0.2) is 18.2 Å². The van der Waals surface area contributed by atoms with E-state index in [1.807, 2.05) is 45.9 Å². The van der Waals surface area contributed by atoms with Crippen LogP contribution < -0.4 is 5.32 Å². The molecule has 0 heterocycles. The van der Waals surface area contributed by atoms with Crippen LogP contribution in [0.4, 0.5) is 0 Å². The molecule has 0 aliphatic heterocycles. The summed E-state index contributed by atoms with van der Waals surface area (Å²) in [6, 6.07) is 5.65. The van der Waals surface area contributed by atoms with E-state index in [9.17, 15) is 9.59 Å². The second kappa shape index (κ2) is 7.93. The lowest BCUT2D eigenvalue weighted by atomic mass is 9.95. The van der Waals surface area contributed by atoms with Gasteiger partial charge >= 0.3 is 5.97 Å². The monoisotopic (exact) mass is 291 g/mol. The first-order valence-corrected chi connectivity index (χ1v) is 7.29. The average Bonchev–Trinajstić information content (AvgIpc) is 2.44. The number of ketones is 1. The summed E-state index contributed by atoms with van der Waals surface area (Å²) in [5.41, 5.74) is 2.73. The summed E-state index contributed by atoms with van der Waals surface area (Å²) in [6.45, 7) is 7.87. The molecule has 0 amide bonds. The number of methoxy groups -OCH3 is 1. The molecule has 1 atom stereocenters. The maximum absolute atomic E-state index is 12.7. The summed E-state index contributed by atoms with van der Waals surface area (Å²) in [7, 11) is 1.36. The van der Waals surface area contributed by atoms with Crippen molar-refractivity contribution in [2.45, 2.75) is 52.6 Å². The zero-order valence-electron chi connectivity index (χ0n) is 13.5. The van der Waals surface area contributed by atoms with Crippen LogP contribution >= 0.6 is 0 Å². The van der Waals surface area contributed by atoms with Gasteiger partial charge in [-0.15, -0.1) is 0 Å². The molecule has 0 radical (unpaired) electrons. The number of ether oxygens (including phenoxy) is 1. The van der Waals surface area contributed by atoms with Gasteiger partial charge < -0.3 is 10.1 Å². The van der Waals surface area contributed by atoms with Gasteiger partial charge in [0.2, 0.25) is 0 Å². The third-order valence-electron chi connectivity index (χ3n) is 3.37. The lowest BCUT2D eigenvalue weighted by Gasteiger charge is -2.21.